The van der Waals surface area contributed by atoms with Gasteiger partial charge in [-0.2, -0.15) is 0 Å². The number of amides is 1. The number of nitrogens with one attached hydrogen (secondary N) is 1. The van der Waals surface area contributed by atoms with Crippen LogP contribution in [-0.4, -0.2) is 15.5 Å². The first kappa shape index (κ1) is 7.74. The van der Waals surface area contributed by atoms with Crippen LogP contribution in [0.15, 0.2) is 18.7 Å². The first-order valence-electron chi connectivity index (χ1n) is 3.28. The SMILES string of the molecule is NNC(=O)CCn1ccnc1. The summed E-state index contributed by atoms with van der Waals surface area (Å²) in [7, 11) is 0. The van der Waals surface area contributed by atoms with E-state index in [-0.39, 0.29) is 5.91 Å². The van der Waals surface area contributed by atoms with Gasteiger partial charge in [-0.05, 0) is 0 Å². The summed E-state index contributed by atoms with van der Waals surface area (Å²) >= 11 is 0. The summed E-state index contributed by atoms with van der Waals surface area (Å²) in [6.45, 7) is 0.614. The van der Waals surface area contributed by atoms with Crippen LogP contribution in [0.3, 0.4) is 0 Å². The van der Waals surface area contributed by atoms with Crippen LogP contribution in [-0.2, 0) is 11.3 Å². The zero-order valence-corrected chi connectivity index (χ0v) is 6.03. The third-order valence-electron chi connectivity index (χ3n) is 1.32. The fourth-order valence-corrected chi connectivity index (χ4v) is 0.722. The van der Waals surface area contributed by atoms with Gasteiger partial charge in [-0.1, -0.05) is 0 Å². The third-order valence-corrected chi connectivity index (χ3v) is 1.32. The van der Waals surface area contributed by atoms with Gasteiger partial charge in [0.05, 0.1) is 6.33 Å². The summed E-state index contributed by atoms with van der Waals surface area (Å²) in [5, 5.41) is 0. The lowest BCUT2D eigenvalue weighted by Crippen LogP contribution is -2.30. The molecule has 0 aromatic carbocycles. The summed E-state index contributed by atoms with van der Waals surface area (Å²) in [6.07, 6.45) is 5.50. The van der Waals surface area contributed by atoms with Crippen LogP contribution in [0.5, 0.6) is 0 Å². The Balaban J connectivity index is 2.29. The van der Waals surface area contributed by atoms with Crippen molar-refractivity contribution < 1.29 is 4.79 Å². The molecule has 0 bridgehead atoms. The lowest BCUT2D eigenvalue weighted by atomic mass is 10.4. The fourth-order valence-electron chi connectivity index (χ4n) is 0.722. The van der Waals surface area contributed by atoms with Crippen molar-refractivity contribution in [1.82, 2.24) is 15.0 Å². The van der Waals surface area contributed by atoms with Crippen molar-refractivity contribution in [2.24, 2.45) is 5.84 Å². The van der Waals surface area contributed by atoms with E-state index < -0.39 is 0 Å². The smallest absolute Gasteiger partial charge is 0.235 e. The molecule has 1 heterocycles. The molecule has 0 saturated heterocycles. The molecule has 11 heavy (non-hydrogen) atoms. The van der Waals surface area contributed by atoms with E-state index in [9.17, 15) is 4.79 Å². The monoisotopic (exact) mass is 154 g/mol. The van der Waals surface area contributed by atoms with E-state index in [1.165, 1.54) is 0 Å². The molecule has 1 rings (SSSR count). The fraction of sp³-hybridized carbons (Fsp3) is 0.333. The van der Waals surface area contributed by atoms with Crippen LogP contribution in [0.25, 0.3) is 0 Å². The molecule has 0 unspecified atom stereocenters. The third kappa shape index (κ3) is 2.38. The zero-order chi connectivity index (χ0) is 8.10. The number of nitrogens with zero attached hydrogens (tertiary/aromatic N) is 2. The molecule has 0 radical (unpaired) electrons. The number of nitrogens with two attached hydrogens (primary N) is 1. The predicted molar refractivity (Wildman–Crippen MR) is 39.2 cm³/mol. The van der Waals surface area contributed by atoms with Gasteiger partial charge in [0.15, 0.2) is 0 Å². The van der Waals surface area contributed by atoms with Gasteiger partial charge < -0.3 is 4.57 Å². The van der Waals surface area contributed by atoms with Gasteiger partial charge in [-0.25, -0.2) is 10.8 Å². The van der Waals surface area contributed by atoms with Crippen LogP contribution in [0.4, 0.5) is 0 Å². The minimum Gasteiger partial charge on any atom is -0.337 e. The predicted octanol–water partition coefficient (Wildman–Crippen LogP) is -0.737. The van der Waals surface area contributed by atoms with Gasteiger partial charge in [0.25, 0.3) is 0 Å². The van der Waals surface area contributed by atoms with E-state index in [4.69, 9.17) is 5.84 Å². The summed E-state index contributed by atoms with van der Waals surface area (Å²) in [6, 6.07) is 0. The standard InChI is InChI=1S/C6H10N4O/c7-9-6(11)1-3-10-4-2-8-5-10/h2,4-5H,1,3,7H2,(H,9,11). The summed E-state index contributed by atoms with van der Waals surface area (Å²) < 4.78 is 1.81. The first-order chi connectivity index (χ1) is 5.33. The molecular weight excluding hydrogens is 144 g/mol. The minimum absolute atomic E-state index is 0.168. The normalized spacial score (nSPS) is 9.55. The van der Waals surface area contributed by atoms with Gasteiger partial charge in [-0.15, -0.1) is 0 Å². The second-order valence-electron chi connectivity index (χ2n) is 2.12. The van der Waals surface area contributed by atoms with Crippen molar-refractivity contribution in [1.29, 1.82) is 0 Å². The number of carbonyl (C=O) groups is 1. The molecule has 0 fully saturated rings. The van der Waals surface area contributed by atoms with Crippen molar-refractivity contribution in [3.8, 4) is 0 Å². The van der Waals surface area contributed by atoms with Crippen LogP contribution < -0.4 is 11.3 Å². The Kier molecular flexibility index (Phi) is 2.62. The van der Waals surface area contributed by atoms with Crippen LogP contribution in [0.1, 0.15) is 6.42 Å². The summed E-state index contributed by atoms with van der Waals surface area (Å²) in [4.78, 5) is 14.5. The van der Waals surface area contributed by atoms with Crippen LogP contribution in [0.2, 0.25) is 0 Å². The average Bonchev–Trinajstić information content (AvgIpc) is 2.52. The quantitative estimate of drug-likeness (QED) is 0.342. The molecule has 0 spiro atoms. The molecule has 1 aromatic heterocycles. The van der Waals surface area contributed by atoms with E-state index in [1.807, 2.05) is 4.57 Å². The highest BCUT2D eigenvalue weighted by atomic mass is 16.2. The van der Waals surface area contributed by atoms with E-state index in [1.54, 1.807) is 18.7 Å². The molecule has 1 amide bonds. The van der Waals surface area contributed by atoms with Crippen molar-refractivity contribution in [2.45, 2.75) is 13.0 Å². The van der Waals surface area contributed by atoms with Crippen molar-refractivity contribution in [2.75, 3.05) is 0 Å². The Morgan fingerprint density at radius 1 is 1.73 bits per heavy atom. The number of aryl methyl sites for hydroxylation is 1. The highest BCUT2D eigenvalue weighted by Crippen LogP contribution is 1.88. The number of carbonyl (C=O) groups excluding carboxylic acids is 1. The number of hydrazine groups is 1. The molecule has 0 saturated carbocycles. The molecule has 0 aliphatic carbocycles. The van der Waals surface area contributed by atoms with Crippen LogP contribution >= 0.6 is 0 Å². The van der Waals surface area contributed by atoms with E-state index in [0.29, 0.717) is 13.0 Å². The first-order valence-corrected chi connectivity index (χ1v) is 3.28. The van der Waals surface area contributed by atoms with Gasteiger partial charge >= 0.3 is 0 Å². The van der Waals surface area contributed by atoms with Crippen molar-refractivity contribution >= 4 is 5.91 Å². The van der Waals surface area contributed by atoms with Gasteiger partial charge in [-0.3, -0.25) is 10.2 Å². The number of hydrogen-bond donors (Lipinski definition) is 2. The number of rotatable bonds is 3. The molecule has 1 aromatic rings. The molecule has 60 valence electrons. The Labute approximate surface area is 64.2 Å². The van der Waals surface area contributed by atoms with Crippen LogP contribution in [0, 0.1) is 0 Å². The van der Waals surface area contributed by atoms with E-state index in [0.717, 1.165) is 0 Å². The van der Waals surface area contributed by atoms with Crippen molar-refractivity contribution in [3.05, 3.63) is 18.7 Å². The number of hydrogen-bond acceptors (Lipinski definition) is 3. The average molecular weight is 154 g/mol. The molecule has 3 N–H and O–H groups in total. The second-order valence-corrected chi connectivity index (χ2v) is 2.12. The Bertz CT molecular complexity index is 218. The molecule has 5 heteroatoms. The van der Waals surface area contributed by atoms with Gasteiger partial charge in [0.2, 0.25) is 5.91 Å². The molecular formula is C6H10N4O. The Morgan fingerprint density at radius 3 is 3.09 bits per heavy atom. The second kappa shape index (κ2) is 3.72. The van der Waals surface area contributed by atoms with Gasteiger partial charge in [0, 0.05) is 25.4 Å². The van der Waals surface area contributed by atoms with E-state index in [2.05, 4.69) is 10.4 Å². The lowest BCUT2D eigenvalue weighted by molar-refractivity contribution is -0.121. The number of aromatic nitrogens is 2. The topological polar surface area (TPSA) is 72.9 Å². The summed E-state index contributed by atoms with van der Waals surface area (Å²) in [5.41, 5.74) is 2.05. The minimum atomic E-state index is -0.168. The highest BCUT2D eigenvalue weighted by molar-refractivity contribution is 5.74. The number of imidazole rings is 1. The lowest BCUT2D eigenvalue weighted by Gasteiger charge is -1.99. The largest absolute Gasteiger partial charge is 0.337 e. The Hall–Kier alpha value is -1.36. The summed E-state index contributed by atoms with van der Waals surface area (Å²) in [5.74, 6) is 4.72. The molecule has 5 nitrogen and oxygen atoms in total. The molecule has 0 aliphatic rings. The maximum atomic E-state index is 10.6. The van der Waals surface area contributed by atoms with Crippen molar-refractivity contribution in [3.63, 3.8) is 0 Å². The maximum Gasteiger partial charge on any atom is 0.235 e. The van der Waals surface area contributed by atoms with Gasteiger partial charge in [0.1, 0.15) is 0 Å². The maximum absolute atomic E-state index is 10.6. The highest BCUT2D eigenvalue weighted by Gasteiger charge is 1.97. The molecule has 0 aliphatic heterocycles. The Morgan fingerprint density at radius 2 is 2.55 bits per heavy atom. The van der Waals surface area contributed by atoms with E-state index >= 15 is 0 Å². The molecule has 0 atom stereocenters. The zero-order valence-electron chi connectivity index (χ0n) is 6.03.